The fourth-order valence-electron chi connectivity index (χ4n) is 2.73. The van der Waals surface area contributed by atoms with Gasteiger partial charge in [-0.1, -0.05) is 11.6 Å². The number of halogens is 2. The molecule has 0 amide bonds. The average Bonchev–Trinajstić information content (AvgIpc) is 3.12. The normalized spacial score (nSPS) is 16.8. The third-order valence-corrected chi connectivity index (χ3v) is 4.36. The van der Waals surface area contributed by atoms with Crippen molar-refractivity contribution in [2.24, 2.45) is 0 Å². The summed E-state index contributed by atoms with van der Waals surface area (Å²) in [5.41, 5.74) is 7.87. The molecule has 0 bridgehead atoms. The number of benzene rings is 2. The maximum absolute atomic E-state index is 13.3. The third kappa shape index (κ3) is 3.49. The van der Waals surface area contributed by atoms with Crippen molar-refractivity contribution < 1.29 is 13.9 Å². The summed E-state index contributed by atoms with van der Waals surface area (Å²) in [6.45, 7) is 1.24. The number of aromatic nitrogens is 2. The lowest BCUT2D eigenvalue weighted by molar-refractivity contribution is 0.142. The molecule has 2 heterocycles. The topological polar surface area (TPSA) is 82.3 Å². The zero-order valence-corrected chi connectivity index (χ0v) is 14.5. The summed E-state index contributed by atoms with van der Waals surface area (Å²) in [7, 11) is 0. The number of hydrogen-bond acceptors (Lipinski definition) is 6. The first-order chi connectivity index (χ1) is 12.6. The van der Waals surface area contributed by atoms with E-state index < -0.39 is 5.82 Å². The van der Waals surface area contributed by atoms with Gasteiger partial charge in [0.1, 0.15) is 17.7 Å². The SMILES string of the molecule is Nc1cc2cnc(Nc3ccc(F)c(Cl)c3)nc2cc1O[C@H]1CCOC1. The monoisotopic (exact) mass is 374 g/mol. The Bertz CT molecular complexity index is 963. The second-order valence-corrected chi connectivity index (χ2v) is 6.41. The molecule has 1 aliphatic heterocycles. The van der Waals surface area contributed by atoms with E-state index in [9.17, 15) is 4.39 Å². The summed E-state index contributed by atoms with van der Waals surface area (Å²) >= 11 is 5.80. The predicted molar refractivity (Wildman–Crippen MR) is 98.5 cm³/mol. The highest BCUT2D eigenvalue weighted by Gasteiger charge is 2.18. The van der Waals surface area contributed by atoms with E-state index in [1.54, 1.807) is 24.4 Å². The van der Waals surface area contributed by atoms with Gasteiger partial charge in [0.05, 0.1) is 29.4 Å². The lowest BCUT2D eigenvalue weighted by Gasteiger charge is -2.14. The summed E-state index contributed by atoms with van der Waals surface area (Å²) in [5, 5.41) is 3.82. The average molecular weight is 375 g/mol. The van der Waals surface area contributed by atoms with E-state index in [4.69, 9.17) is 26.8 Å². The molecule has 1 aromatic heterocycles. The van der Waals surface area contributed by atoms with Crippen LogP contribution in [0, 0.1) is 5.82 Å². The first-order valence-corrected chi connectivity index (χ1v) is 8.49. The van der Waals surface area contributed by atoms with Crippen LogP contribution in [0.3, 0.4) is 0 Å². The minimum absolute atomic E-state index is 0.00413. The maximum atomic E-state index is 13.3. The minimum atomic E-state index is -0.482. The van der Waals surface area contributed by atoms with Crippen LogP contribution < -0.4 is 15.8 Å². The van der Waals surface area contributed by atoms with Crippen LogP contribution >= 0.6 is 11.6 Å². The third-order valence-electron chi connectivity index (χ3n) is 4.07. The molecule has 134 valence electrons. The lowest BCUT2D eigenvalue weighted by Crippen LogP contribution is -2.16. The van der Waals surface area contributed by atoms with Crippen molar-refractivity contribution in [3.05, 3.63) is 47.4 Å². The summed E-state index contributed by atoms with van der Waals surface area (Å²) in [5.74, 6) is 0.451. The number of nitrogens with one attached hydrogen (secondary N) is 1. The molecule has 1 atom stereocenters. The predicted octanol–water partition coefficient (Wildman–Crippen LogP) is 3.92. The maximum Gasteiger partial charge on any atom is 0.227 e. The quantitative estimate of drug-likeness (QED) is 0.673. The molecule has 0 spiro atoms. The zero-order valence-electron chi connectivity index (χ0n) is 13.7. The molecule has 8 heteroatoms. The zero-order chi connectivity index (χ0) is 18.1. The fraction of sp³-hybridized carbons (Fsp3) is 0.222. The highest BCUT2D eigenvalue weighted by molar-refractivity contribution is 6.31. The molecule has 1 aliphatic rings. The Hall–Kier alpha value is -2.64. The van der Waals surface area contributed by atoms with E-state index in [0.717, 1.165) is 11.8 Å². The highest BCUT2D eigenvalue weighted by Crippen LogP contribution is 2.30. The molecule has 6 nitrogen and oxygen atoms in total. The Morgan fingerprint density at radius 3 is 2.96 bits per heavy atom. The Morgan fingerprint density at radius 2 is 2.19 bits per heavy atom. The van der Waals surface area contributed by atoms with Gasteiger partial charge in [0.25, 0.3) is 0 Å². The van der Waals surface area contributed by atoms with Crippen molar-refractivity contribution >= 4 is 39.8 Å². The van der Waals surface area contributed by atoms with Crippen LogP contribution in [-0.2, 0) is 4.74 Å². The fourth-order valence-corrected chi connectivity index (χ4v) is 2.91. The molecule has 4 rings (SSSR count). The van der Waals surface area contributed by atoms with Crippen LogP contribution in [0.15, 0.2) is 36.5 Å². The van der Waals surface area contributed by atoms with Gasteiger partial charge in [-0.25, -0.2) is 14.4 Å². The summed E-state index contributed by atoms with van der Waals surface area (Å²) in [6, 6.07) is 7.88. The Balaban J connectivity index is 1.62. The minimum Gasteiger partial charge on any atom is -0.486 e. The lowest BCUT2D eigenvalue weighted by atomic mass is 10.2. The van der Waals surface area contributed by atoms with Crippen molar-refractivity contribution in [2.75, 3.05) is 24.3 Å². The molecule has 1 fully saturated rings. The standard InChI is InChI=1S/C18H16ClFN4O2/c19-13-6-11(1-2-14(13)20)23-18-22-8-10-5-15(21)17(7-16(10)24-18)26-12-3-4-25-9-12/h1-2,5-8,12H,3-4,9,21H2,(H,22,23,24)/t12-/m0/s1. The Morgan fingerprint density at radius 1 is 1.31 bits per heavy atom. The van der Waals surface area contributed by atoms with Gasteiger partial charge in [-0.2, -0.15) is 0 Å². The van der Waals surface area contributed by atoms with E-state index >= 15 is 0 Å². The van der Waals surface area contributed by atoms with Crippen LogP contribution in [0.25, 0.3) is 10.9 Å². The largest absolute Gasteiger partial charge is 0.486 e. The van der Waals surface area contributed by atoms with Crippen molar-refractivity contribution in [2.45, 2.75) is 12.5 Å². The van der Waals surface area contributed by atoms with Gasteiger partial charge in [0.15, 0.2) is 0 Å². The summed E-state index contributed by atoms with van der Waals surface area (Å²) in [4.78, 5) is 8.73. The van der Waals surface area contributed by atoms with Crippen LogP contribution in [0.4, 0.5) is 21.7 Å². The van der Waals surface area contributed by atoms with Crippen LogP contribution in [0.5, 0.6) is 5.75 Å². The number of rotatable bonds is 4. The first-order valence-electron chi connectivity index (χ1n) is 8.11. The van der Waals surface area contributed by atoms with E-state index in [-0.39, 0.29) is 11.1 Å². The molecule has 3 N–H and O–H groups in total. The molecule has 2 aromatic carbocycles. The van der Waals surface area contributed by atoms with Gasteiger partial charge < -0.3 is 20.5 Å². The van der Waals surface area contributed by atoms with Gasteiger partial charge in [-0.3, -0.25) is 0 Å². The van der Waals surface area contributed by atoms with Gasteiger partial charge in [-0.15, -0.1) is 0 Å². The number of fused-ring (bicyclic) bond motifs is 1. The molecule has 1 saturated heterocycles. The number of hydrogen-bond donors (Lipinski definition) is 2. The van der Waals surface area contributed by atoms with Gasteiger partial charge in [-0.05, 0) is 24.3 Å². The van der Waals surface area contributed by atoms with Gasteiger partial charge in [0, 0.05) is 29.8 Å². The smallest absolute Gasteiger partial charge is 0.227 e. The van der Waals surface area contributed by atoms with Crippen molar-refractivity contribution in [3.8, 4) is 5.75 Å². The van der Waals surface area contributed by atoms with E-state index in [2.05, 4.69) is 15.3 Å². The van der Waals surface area contributed by atoms with Crippen LogP contribution in [0.2, 0.25) is 5.02 Å². The molecule has 0 saturated carbocycles. The van der Waals surface area contributed by atoms with E-state index in [1.165, 1.54) is 12.1 Å². The van der Waals surface area contributed by atoms with Gasteiger partial charge in [0.2, 0.25) is 5.95 Å². The van der Waals surface area contributed by atoms with Crippen molar-refractivity contribution in [1.29, 1.82) is 0 Å². The number of nitrogens with two attached hydrogens (primary N) is 1. The van der Waals surface area contributed by atoms with Gasteiger partial charge >= 0.3 is 0 Å². The number of nitrogen functional groups attached to an aromatic ring is 1. The Labute approximate surface area is 154 Å². The van der Waals surface area contributed by atoms with E-state index in [0.29, 0.717) is 41.8 Å². The van der Waals surface area contributed by atoms with Crippen molar-refractivity contribution in [1.82, 2.24) is 9.97 Å². The number of anilines is 3. The number of ether oxygens (including phenoxy) is 2. The molecule has 0 unspecified atom stereocenters. The number of nitrogens with zero attached hydrogens (tertiary/aromatic N) is 2. The molecular formula is C18H16ClFN4O2. The van der Waals surface area contributed by atoms with Crippen molar-refractivity contribution in [3.63, 3.8) is 0 Å². The molecule has 3 aromatic rings. The van der Waals surface area contributed by atoms with Crippen LogP contribution in [0.1, 0.15) is 6.42 Å². The second-order valence-electron chi connectivity index (χ2n) is 6.00. The molecule has 0 aliphatic carbocycles. The summed E-state index contributed by atoms with van der Waals surface area (Å²) < 4.78 is 24.5. The molecular weight excluding hydrogens is 359 g/mol. The second kappa shape index (κ2) is 6.93. The summed E-state index contributed by atoms with van der Waals surface area (Å²) in [6.07, 6.45) is 2.49. The van der Waals surface area contributed by atoms with E-state index in [1.807, 2.05) is 0 Å². The Kier molecular flexibility index (Phi) is 4.48. The first kappa shape index (κ1) is 16.8. The highest BCUT2D eigenvalue weighted by atomic mass is 35.5. The molecule has 26 heavy (non-hydrogen) atoms. The van der Waals surface area contributed by atoms with Crippen LogP contribution in [-0.4, -0.2) is 29.3 Å². The molecule has 0 radical (unpaired) electrons.